The van der Waals surface area contributed by atoms with Crippen LogP contribution in [0.5, 0.6) is 5.75 Å². The van der Waals surface area contributed by atoms with Gasteiger partial charge in [-0.2, -0.15) is 8.78 Å². The number of nitrogens with one attached hydrogen (secondary N) is 1. The Kier molecular flexibility index (Phi) is 5.16. The van der Waals surface area contributed by atoms with Crippen molar-refractivity contribution in [2.75, 3.05) is 19.6 Å². The number of ether oxygens (including phenoxy) is 1. The number of likely N-dealkylation sites (tertiary alicyclic amines) is 1. The van der Waals surface area contributed by atoms with Gasteiger partial charge in [-0.25, -0.2) is 0 Å². The summed E-state index contributed by atoms with van der Waals surface area (Å²) in [5, 5.41) is 3.57. The van der Waals surface area contributed by atoms with Crippen LogP contribution in [0.4, 0.5) is 8.78 Å². The molecule has 0 unspecified atom stereocenters. The van der Waals surface area contributed by atoms with E-state index in [-0.39, 0.29) is 16.5 Å². The molecule has 7 heteroatoms. The van der Waals surface area contributed by atoms with E-state index in [1.54, 1.807) is 11.8 Å². The Morgan fingerprint density at radius 2 is 2.09 bits per heavy atom. The zero-order chi connectivity index (χ0) is 16.4. The predicted molar refractivity (Wildman–Crippen MR) is 85.3 cm³/mol. The van der Waals surface area contributed by atoms with Crippen LogP contribution in [-0.4, -0.2) is 43.1 Å². The number of rotatable bonds is 6. The number of aryl methyl sites for hydroxylation is 1. The van der Waals surface area contributed by atoms with Gasteiger partial charge in [0.1, 0.15) is 10.6 Å². The van der Waals surface area contributed by atoms with Gasteiger partial charge in [-0.1, -0.05) is 0 Å². The number of alkyl halides is 2. The van der Waals surface area contributed by atoms with Gasteiger partial charge in [0.25, 0.3) is 5.91 Å². The van der Waals surface area contributed by atoms with Crippen LogP contribution in [0.2, 0.25) is 0 Å². The van der Waals surface area contributed by atoms with E-state index in [9.17, 15) is 13.6 Å². The second-order valence-corrected chi connectivity index (χ2v) is 7.60. The fourth-order valence-corrected chi connectivity index (χ4v) is 3.82. The van der Waals surface area contributed by atoms with Crippen LogP contribution in [0, 0.1) is 12.8 Å². The summed E-state index contributed by atoms with van der Waals surface area (Å²) in [5.74, 6) is 0.652. The highest BCUT2D eigenvalue weighted by molar-refractivity contribution is 7.14. The molecule has 0 radical (unpaired) electrons. The average Bonchev–Trinajstić information content (AvgIpc) is 3.27. The van der Waals surface area contributed by atoms with Crippen molar-refractivity contribution in [2.24, 2.45) is 5.92 Å². The Labute approximate surface area is 138 Å². The molecule has 0 atom stereocenters. The SMILES string of the molecule is Cc1cc(OC(F)F)c(C(=O)N2CCC(NCC3CC3)CC2)s1. The zero-order valence-electron chi connectivity index (χ0n) is 13.2. The van der Waals surface area contributed by atoms with Gasteiger partial charge in [-0.05, 0) is 51.1 Å². The molecule has 1 aliphatic carbocycles. The molecule has 128 valence electrons. The predicted octanol–water partition coefficient (Wildman–Crippen LogP) is 3.26. The summed E-state index contributed by atoms with van der Waals surface area (Å²) in [7, 11) is 0. The first kappa shape index (κ1) is 16.6. The fraction of sp³-hybridized carbons (Fsp3) is 0.688. The van der Waals surface area contributed by atoms with Crippen molar-refractivity contribution in [1.29, 1.82) is 0 Å². The second-order valence-electron chi connectivity index (χ2n) is 6.35. The summed E-state index contributed by atoms with van der Waals surface area (Å²) in [6, 6.07) is 1.97. The highest BCUT2D eigenvalue weighted by Crippen LogP contribution is 2.32. The number of hydrogen-bond acceptors (Lipinski definition) is 4. The van der Waals surface area contributed by atoms with Crippen molar-refractivity contribution < 1.29 is 18.3 Å². The number of piperidine rings is 1. The quantitative estimate of drug-likeness (QED) is 0.861. The first-order valence-electron chi connectivity index (χ1n) is 8.11. The fourth-order valence-electron chi connectivity index (χ4n) is 2.91. The molecule has 2 fully saturated rings. The normalized spacial score (nSPS) is 19.4. The van der Waals surface area contributed by atoms with E-state index in [1.807, 2.05) is 0 Å². The van der Waals surface area contributed by atoms with Crippen LogP contribution in [-0.2, 0) is 0 Å². The molecule has 0 spiro atoms. The topological polar surface area (TPSA) is 41.6 Å². The second kappa shape index (κ2) is 7.13. The van der Waals surface area contributed by atoms with E-state index < -0.39 is 6.61 Å². The Balaban J connectivity index is 1.56. The van der Waals surface area contributed by atoms with Crippen LogP contribution >= 0.6 is 11.3 Å². The number of carbonyl (C=O) groups is 1. The zero-order valence-corrected chi connectivity index (χ0v) is 14.0. The van der Waals surface area contributed by atoms with Gasteiger partial charge in [0.2, 0.25) is 0 Å². The summed E-state index contributed by atoms with van der Waals surface area (Å²) in [4.78, 5) is 15.4. The average molecular weight is 344 g/mol. The van der Waals surface area contributed by atoms with Crippen molar-refractivity contribution in [3.05, 3.63) is 15.8 Å². The number of hydrogen-bond donors (Lipinski definition) is 1. The van der Waals surface area contributed by atoms with Gasteiger partial charge in [0.05, 0.1) is 0 Å². The largest absolute Gasteiger partial charge is 0.433 e. The van der Waals surface area contributed by atoms with Crippen LogP contribution in [0.15, 0.2) is 6.07 Å². The van der Waals surface area contributed by atoms with Crippen molar-refractivity contribution in [3.63, 3.8) is 0 Å². The van der Waals surface area contributed by atoms with Gasteiger partial charge in [-0.3, -0.25) is 4.79 Å². The monoisotopic (exact) mass is 344 g/mol. The summed E-state index contributed by atoms with van der Waals surface area (Å²) >= 11 is 1.22. The highest BCUT2D eigenvalue weighted by atomic mass is 32.1. The van der Waals surface area contributed by atoms with Crippen molar-refractivity contribution in [3.8, 4) is 5.75 Å². The van der Waals surface area contributed by atoms with Gasteiger partial charge >= 0.3 is 6.61 Å². The molecule has 1 aromatic heterocycles. The maximum Gasteiger partial charge on any atom is 0.387 e. The van der Waals surface area contributed by atoms with E-state index in [2.05, 4.69) is 10.1 Å². The molecule has 23 heavy (non-hydrogen) atoms. The van der Waals surface area contributed by atoms with E-state index in [0.29, 0.717) is 19.1 Å². The van der Waals surface area contributed by atoms with Crippen molar-refractivity contribution in [2.45, 2.75) is 45.3 Å². The lowest BCUT2D eigenvalue weighted by Gasteiger charge is -2.32. The minimum atomic E-state index is -2.91. The Hall–Kier alpha value is -1.21. The lowest BCUT2D eigenvalue weighted by atomic mass is 10.0. The molecule has 2 aliphatic rings. The summed E-state index contributed by atoms with van der Waals surface area (Å²) in [6.07, 6.45) is 4.48. The number of thiophene rings is 1. The first-order valence-corrected chi connectivity index (χ1v) is 8.92. The van der Waals surface area contributed by atoms with E-state index in [4.69, 9.17) is 0 Å². The molecule has 1 amide bonds. The standard InChI is InChI=1S/C16H22F2N2O2S/c1-10-8-13(22-16(17)18)14(23-10)15(21)20-6-4-12(5-7-20)19-9-11-2-3-11/h8,11-12,16,19H,2-7,9H2,1H3. The van der Waals surface area contributed by atoms with Gasteiger partial charge in [0, 0.05) is 24.0 Å². The first-order chi connectivity index (χ1) is 11.0. The minimum absolute atomic E-state index is 0.00137. The van der Waals surface area contributed by atoms with Crippen LogP contribution in [0.1, 0.15) is 40.2 Å². The third-order valence-corrected chi connectivity index (χ3v) is 5.43. The van der Waals surface area contributed by atoms with Gasteiger partial charge < -0.3 is 15.0 Å². The third kappa shape index (κ3) is 4.41. The smallest absolute Gasteiger partial charge is 0.387 e. The maximum atomic E-state index is 12.6. The summed E-state index contributed by atoms with van der Waals surface area (Å²) in [6.45, 7) is 1.27. The lowest BCUT2D eigenvalue weighted by Crippen LogP contribution is -2.45. The minimum Gasteiger partial charge on any atom is -0.433 e. The van der Waals surface area contributed by atoms with Crippen molar-refractivity contribution >= 4 is 17.2 Å². The molecule has 4 nitrogen and oxygen atoms in total. The maximum absolute atomic E-state index is 12.6. The molecule has 1 saturated heterocycles. The number of halogens is 2. The third-order valence-electron chi connectivity index (χ3n) is 4.41. The van der Waals surface area contributed by atoms with E-state index in [1.165, 1.54) is 30.2 Å². The Morgan fingerprint density at radius 3 is 2.70 bits per heavy atom. The molecule has 0 bridgehead atoms. The molecule has 3 rings (SSSR count). The van der Waals surface area contributed by atoms with Gasteiger partial charge in [0.15, 0.2) is 0 Å². The van der Waals surface area contributed by atoms with Crippen LogP contribution in [0.3, 0.4) is 0 Å². The molecule has 2 heterocycles. The van der Waals surface area contributed by atoms with Gasteiger partial charge in [-0.15, -0.1) is 11.3 Å². The summed E-state index contributed by atoms with van der Waals surface area (Å²) in [5.41, 5.74) is 0. The summed E-state index contributed by atoms with van der Waals surface area (Å²) < 4.78 is 29.4. The molecule has 1 aromatic rings. The molecule has 1 N–H and O–H groups in total. The Bertz CT molecular complexity index is 552. The number of nitrogens with zero attached hydrogens (tertiary/aromatic N) is 1. The van der Waals surface area contributed by atoms with E-state index >= 15 is 0 Å². The molecule has 1 saturated carbocycles. The van der Waals surface area contributed by atoms with Crippen molar-refractivity contribution in [1.82, 2.24) is 10.2 Å². The molecular formula is C16H22F2N2O2S. The van der Waals surface area contributed by atoms with Crippen LogP contribution < -0.4 is 10.1 Å². The molecular weight excluding hydrogens is 322 g/mol. The van der Waals surface area contributed by atoms with Crippen LogP contribution in [0.25, 0.3) is 0 Å². The van der Waals surface area contributed by atoms with E-state index in [0.717, 1.165) is 30.2 Å². The molecule has 0 aromatic carbocycles. The number of amides is 1. The Morgan fingerprint density at radius 1 is 1.39 bits per heavy atom. The number of carbonyl (C=O) groups excluding carboxylic acids is 1. The molecule has 1 aliphatic heterocycles. The highest BCUT2D eigenvalue weighted by Gasteiger charge is 2.29. The lowest BCUT2D eigenvalue weighted by molar-refractivity contribution is -0.0499.